The number of nitrogens with two attached hydrogens (primary N) is 1. The van der Waals surface area contributed by atoms with Gasteiger partial charge >= 0.3 is 11.9 Å². The summed E-state index contributed by atoms with van der Waals surface area (Å²) in [4.78, 5) is 25.1. The quantitative estimate of drug-likeness (QED) is 0.174. The first-order chi connectivity index (χ1) is 30.6. The van der Waals surface area contributed by atoms with E-state index in [1.807, 2.05) is 19.1 Å². The summed E-state index contributed by atoms with van der Waals surface area (Å²) in [6, 6.07) is -1.15. The normalized spacial score (nSPS) is 45.5. The van der Waals surface area contributed by atoms with Gasteiger partial charge in [0.05, 0.1) is 79.6 Å². The van der Waals surface area contributed by atoms with E-state index in [1.54, 1.807) is 80.7 Å². The van der Waals surface area contributed by atoms with Gasteiger partial charge in [-0.05, 0) is 33.1 Å². The van der Waals surface area contributed by atoms with Crippen LogP contribution in [0.5, 0.6) is 0 Å². The van der Waals surface area contributed by atoms with Crippen LogP contribution in [0.4, 0.5) is 0 Å². The Hall–Kier alpha value is -3.44. The van der Waals surface area contributed by atoms with Crippen molar-refractivity contribution in [1.29, 1.82) is 0 Å². The van der Waals surface area contributed by atoms with Crippen LogP contribution in [0, 0.1) is 17.8 Å². The molecule has 368 valence electrons. The van der Waals surface area contributed by atoms with Gasteiger partial charge in [0.2, 0.25) is 0 Å². The summed E-state index contributed by atoms with van der Waals surface area (Å²) in [5.74, 6) is -6.83. The molecule has 0 radical (unpaired) electrons. The van der Waals surface area contributed by atoms with E-state index in [2.05, 4.69) is 0 Å². The Morgan fingerprint density at radius 2 is 1.23 bits per heavy atom. The smallest absolute Gasteiger partial charge is 0.311 e. The number of hydrogen-bond donors (Lipinski definition) is 12. The average molecular weight is 924 g/mol. The highest BCUT2D eigenvalue weighted by molar-refractivity contribution is 5.71. The lowest BCUT2D eigenvalue weighted by atomic mass is 9.82. The number of aliphatic carboxylic acids is 1. The second kappa shape index (κ2) is 27.4. The molecule has 2 bridgehead atoms. The van der Waals surface area contributed by atoms with Crippen molar-refractivity contribution in [3.63, 3.8) is 0 Å². The highest BCUT2D eigenvalue weighted by Gasteiger charge is 2.51. The molecular formula is C47H73NO17. The van der Waals surface area contributed by atoms with Crippen molar-refractivity contribution in [2.45, 2.75) is 177 Å². The van der Waals surface area contributed by atoms with E-state index in [0.717, 1.165) is 0 Å². The van der Waals surface area contributed by atoms with Gasteiger partial charge < -0.3 is 80.9 Å². The van der Waals surface area contributed by atoms with Gasteiger partial charge in [-0.3, -0.25) is 9.59 Å². The molecule has 18 heteroatoms. The Morgan fingerprint density at radius 3 is 1.82 bits per heavy atom. The average Bonchev–Trinajstić information content (AvgIpc) is 3.21. The van der Waals surface area contributed by atoms with Gasteiger partial charge in [-0.2, -0.15) is 0 Å². The minimum atomic E-state index is -2.33. The third-order valence-electron chi connectivity index (χ3n) is 12.0. The Bertz CT molecular complexity index is 1670. The SMILES string of the molecule is C[C@@H]1[C@H](O)[C@@H](C)\C=C/C=C/C=C/C=C/C=C/C=C/C=C/[C@H](O[C@@H]2O[C@H](C)[C@@H](O)[C@H](N)[C@@H]2O)C[C@@H]2O[C@](O)(C[C@@H](O)C[C@@H](O)[C@H](O)CC[C@@H](O)C[C@@H](O)CC(=O)O[C@H]1C)C[C@H](O)[C@H]2C(=O)O. The van der Waals surface area contributed by atoms with Crippen LogP contribution in [-0.4, -0.2) is 166 Å². The van der Waals surface area contributed by atoms with Gasteiger partial charge in [0.25, 0.3) is 0 Å². The van der Waals surface area contributed by atoms with Crippen molar-refractivity contribution in [3.8, 4) is 0 Å². The Morgan fingerprint density at radius 1 is 0.662 bits per heavy atom. The zero-order chi connectivity index (χ0) is 48.4. The van der Waals surface area contributed by atoms with Crippen LogP contribution in [0.25, 0.3) is 0 Å². The van der Waals surface area contributed by atoms with Crippen LogP contribution < -0.4 is 5.73 Å². The second-order valence-corrected chi connectivity index (χ2v) is 17.6. The van der Waals surface area contributed by atoms with E-state index in [1.165, 1.54) is 13.0 Å². The topological polar surface area (TPSA) is 320 Å². The Balaban J connectivity index is 1.86. The summed E-state index contributed by atoms with van der Waals surface area (Å²) < 4.78 is 23.1. The number of carboxylic acid groups (broad SMARTS) is 1. The van der Waals surface area contributed by atoms with Crippen LogP contribution in [0.1, 0.15) is 79.1 Å². The number of fused-ring (bicyclic) bond motifs is 2. The summed E-state index contributed by atoms with van der Waals surface area (Å²) in [6.45, 7) is 6.74. The molecule has 0 spiro atoms. The van der Waals surface area contributed by atoms with Crippen molar-refractivity contribution in [1.82, 2.24) is 0 Å². The lowest BCUT2D eigenvalue weighted by molar-refractivity contribution is -0.308. The van der Waals surface area contributed by atoms with Gasteiger partial charge in [0.15, 0.2) is 12.1 Å². The molecule has 19 atom stereocenters. The number of carbonyl (C=O) groups is 2. The highest BCUT2D eigenvalue weighted by Crippen LogP contribution is 2.38. The van der Waals surface area contributed by atoms with Gasteiger partial charge in [-0.1, -0.05) is 98.9 Å². The standard InChI is InChI=1S/C47H73NO17/c1-27-17-15-13-11-9-7-5-6-8-10-12-14-16-18-34(64-46-44(58)41(48)43(57)30(4)63-46)24-38-40(45(59)60)37(54)26-47(61,65-38)25-33(51)22-36(53)35(52)20-19-31(49)21-32(50)23-39(55)62-29(3)28(2)42(27)56/h5-18,27-38,40-44,46,49-54,56-58,61H,19-26,48H2,1-4H3,(H,59,60)/b6-5+,9-7+,10-8+,13-11+,14-12+,17-15-,18-16+/t27-,28-,29-,30+,31+,32+,33-,34-,35+,36+,37-,38-,40+,41-,42+,43+,44-,46-,47+/m0/s1. The fraction of sp³-hybridized carbons (Fsp3) is 0.660. The van der Waals surface area contributed by atoms with Crippen molar-refractivity contribution in [3.05, 3.63) is 85.1 Å². The van der Waals surface area contributed by atoms with Crippen molar-refractivity contribution >= 4 is 11.9 Å². The minimum Gasteiger partial charge on any atom is -0.481 e. The van der Waals surface area contributed by atoms with E-state index in [4.69, 9.17) is 24.7 Å². The predicted molar refractivity (Wildman–Crippen MR) is 237 cm³/mol. The van der Waals surface area contributed by atoms with E-state index < -0.39 is 147 Å². The number of ether oxygens (including phenoxy) is 4. The third-order valence-corrected chi connectivity index (χ3v) is 12.0. The maximum absolute atomic E-state index is 12.6. The van der Waals surface area contributed by atoms with Gasteiger partial charge in [0, 0.05) is 37.5 Å². The highest BCUT2D eigenvalue weighted by atomic mass is 16.7. The first-order valence-corrected chi connectivity index (χ1v) is 22.3. The number of hydrogen-bond acceptors (Lipinski definition) is 17. The molecule has 3 heterocycles. The van der Waals surface area contributed by atoms with E-state index >= 15 is 0 Å². The molecule has 0 saturated carbocycles. The largest absolute Gasteiger partial charge is 0.481 e. The van der Waals surface area contributed by atoms with Crippen LogP contribution >= 0.6 is 0 Å². The second-order valence-electron chi connectivity index (χ2n) is 17.6. The number of carbonyl (C=O) groups excluding carboxylic acids is 1. The molecule has 3 aliphatic heterocycles. The number of allylic oxidation sites excluding steroid dienone is 12. The molecule has 0 unspecified atom stereocenters. The zero-order valence-corrected chi connectivity index (χ0v) is 37.6. The number of aliphatic hydroxyl groups excluding tert-OH is 9. The number of rotatable bonds is 3. The molecule has 3 aliphatic rings. The zero-order valence-electron chi connectivity index (χ0n) is 37.6. The van der Waals surface area contributed by atoms with Crippen molar-refractivity contribution in [2.24, 2.45) is 23.5 Å². The molecule has 3 rings (SSSR count). The Kier molecular flexibility index (Phi) is 23.6. The van der Waals surface area contributed by atoms with Crippen molar-refractivity contribution < 1.29 is 84.7 Å². The molecule has 2 saturated heterocycles. The minimum absolute atomic E-state index is 0.107. The first kappa shape index (κ1) is 55.9. The van der Waals surface area contributed by atoms with Crippen LogP contribution in [0.2, 0.25) is 0 Å². The molecule has 2 fully saturated rings. The first-order valence-electron chi connectivity index (χ1n) is 22.3. The fourth-order valence-corrected chi connectivity index (χ4v) is 7.97. The van der Waals surface area contributed by atoms with Gasteiger partial charge in [-0.15, -0.1) is 0 Å². The van der Waals surface area contributed by atoms with E-state index in [0.29, 0.717) is 0 Å². The summed E-state index contributed by atoms with van der Waals surface area (Å²) in [7, 11) is 0. The molecule has 18 nitrogen and oxygen atoms in total. The lowest BCUT2D eigenvalue weighted by Gasteiger charge is -2.45. The summed E-state index contributed by atoms with van der Waals surface area (Å²) in [5.41, 5.74) is 6.02. The van der Waals surface area contributed by atoms with Crippen LogP contribution in [0.3, 0.4) is 0 Å². The summed E-state index contributed by atoms with van der Waals surface area (Å²) in [5, 5.41) is 118. The molecule has 0 aliphatic carbocycles. The maximum atomic E-state index is 12.6. The number of cyclic esters (lactones) is 1. The molecule has 0 amide bonds. The monoisotopic (exact) mass is 923 g/mol. The van der Waals surface area contributed by atoms with Gasteiger partial charge in [0.1, 0.15) is 18.1 Å². The Labute approximate surface area is 381 Å². The van der Waals surface area contributed by atoms with E-state index in [-0.39, 0.29) is 31.6 Å². The maximum Gasteiger partial charge on any atom is 0.311 e. The number of carboxylic acids is 1. The predicted octanol–water partition coefficient (Wildman–Crippen LogP) is 0.712. The summed E-state index contributed by atoms with van der Waals surface area (Å²) in [6.07, 6.45) is 3.46. The summed E-state index contributed by atoms with van der Waals surface area (Å²) >= 11 is 0. The molecule has 65 heavy (non-hydrogen) atoms. The molecule has 13 N–H and O–H groups in total. The number of aliphatic hydroxyl groups is 10. The number of esters is 1. The fourth-order valence-electron chi connectivity index (χ4n) is 7.97. The third kappa shape index (κ3) is 18.6. The lowest BCUT2D eigenvalue weighted by Crippen LogP contribution is -2.61. The molecular weight excluding hydrogens is 851 g/mol. The van der Waals surface area contributed by atoms with Crippen LogP contribution in [-0.2, 0) is 28.5 Å². The molecule has 0 aromatic carbocycles. The van der Waals surface area contributed by atoms with Crippen LogP contribution in [0.15, 0.2) is 85.1 Å². The van der Waals surface area contributed by atoms with Gasteiger partial charge in [-0.25, -0.2) is 0 Å². The molecule has 0 aromatic rings. The van der Waals surface area contributed by atoms with Crippen molar-refractivity contribution in [2.75, 3.05) is 0 Å². The molecule has 0 aromatic heterocycles. The van der Waals surface area contributed by atoms with E-state index in [9.17, 15) is 65.8 Å².